The molecule has 0 spiro atoms. The highest BCUT2D eigenvalue weighted by molar-refractivity contribution is 5.84. The van der Waals surface area contributed by atoms with Crippen LogP contribution in [-0.2, 0) is 4.79 Å². The number of carbonyl (C=O) groups excluding carboxylic acids is 1. The van der Waals surface area contributed by atoms with Crippen molar-refractivity contribution in [1.29, 1.82) is 0 Å². The number of anilines is 1. The fraction of sp³-hybridized carbons (Fsp3) is 0.0667. The summed E-state index contributed by atoms with van der Waals surface area (Å²) < 4.78 is 12.7. The molecular weight excluding hydrogens is 289 g/mol. The molecule has 1 amide bonds. The topological polar surface area (TPSA) is 94.0 Å². The summed E-state index contributed by atoms with van der Waals surface area (Å²) in [7, 11) is 0. The molecular formula is C15H14FN3O3. The zero-order valence-corrected chi connectivity index (χ0v) is 11.5. The van der Waals surface area contributed by atoms with Gasteiger partial charge in [0, 0.05) is 5.69 Å². The highest BCUT2D eigenvalue weighted by atomic mass is 19.1. The Kier molecular flexibility index (Phi) is 4.92. The third-order valence-corrected chi connectivity index (χ3v) is 2.70. The van der Waals surface area contributed by atoms with E-state index in [0.29, 0.717) is 11.3 Å². The summed E-state index contributed by atoms with van der Waals surface area (Å²) in [5.74, 6) is -1.24. The van der Waals surface area contributed by atoms with Gasteiger partial charge < -0.3 is 15.5 Å². The van der Waals surface area contributed by atoms with Gasteiger partial charge in [0.05, 0.1) is 12.8 Å². The zero-order valence-electron chi connectivity index (χ0n) is 11.5. The van der Waals surface area contributed by atoms with Crippen LogP contribution < -0.4 is 10.7 Å². The first-order chi connectivity index (χ1) is 10.5. The number of phenols is 2. The average molecular weight is 303 g/mol. The third-order valence-electron chi connectivity index (χ3n) is 2.70. The summed E-state index contributed by atoms with van der Waals surface area (Å²) in [4.78, 5) is 11.5. The maximum Gasteiger partial charge on any atom is 0.259 e. The van der Waals surface area contributed by atoms with Gasteiger partial charge in [-0.05, 0) is 48.0 Å². The van der Waals surface area contributed by atoms with E-state index < -0.39 is 0 Å². The number of amides is 1. The van der Waals surface area contributed by atoms with E-state index in [9.17, 15) is 14.3 Å². The molecule has 0 heterocycles. The first-order valence-electron chi connectivity index (χ1n) is 6.38. The van der Waals surface area contributed by atoms with E-state index in [0.717, 1.165) is 0 Å². The lowest BCUT2D eigenvalue weighted by atomic mass is 10.2. The lowest BCUT2D eigenvalue weighted by Crippen LogP contribution is -2.25. The molecule has 0 aliphatic heterocycles. The maximum absolute atomic E-state index is 12.7. The Labute approximate surface area is 125 Å². The van der Waals surface area contributed by atoms with Crippen LogP contribution in [0.1, 0.15) is 5.56 Å². The van der Waals surface area contributed by atoms with Crippen molar-refractivity contribution in [2.24, 2.45) is 5.10 Å². The number of nitrogens with one attached hydrogen (secondary N) is 2. The summed E-state index contributed by atoms with van der Waals surface area (Å²) in [6.07, 6.45) is 1.33. The summed E-state index contributed by atoms with van der Waals surface area (Å²) in [6, 6.07) is 9.76. The summed E-state index contributed by atoms with van der Waals surface area (Å²) in [5, 5.41) is 25.0. The van der Waals surface area contributed by atoms with E-state index in [2.05, 4.69) is 15.8 Å². The molecule has 0 saturated carbocycles. The van der Waals surface area contributed by atoms with Gasteiger partial charge in [-0.25, -0.2) is 9.82 Å². The van der Waals surface area contributed by atoms with Gasteiger partial charge in [0.1, 0.15) is 5.82 Å². The minimum absolute atomic E-state index is 0.0240. The maximum atomic E-state index is 12.7. The molecule has 0 aromatic heterocycles. The minimum atomic E-state index is -0.386. The van der Waals surface area contributed by atoms with Crippen LogP contribution >= 0.6 is 0 Å². The standard InChI is InChI=1S/C15H14FN3O3/c16-11-2-4-12(5-3-11)17-9-15(22)19-18-8-10-1-6-13(20)14(21)7-10/h1-8,17,20-21H,9H2,(H,19,22). The van der Waals surface area contributed by atoms with Crippen LogP contribution in [0.5, 0.6) is 11.5 Å². The molecule has 6 nitrogen and oxygen atoms in total. The highest BCUT2D eigenvalue weighted by Gasteiger charge is 2.01. The fourth-order valence-corrected chi connectivity index (χ4v) is 1.59. The van der Waals surface area contributed by atoms with Crippen molar-refractivity contribution in [2.75, 3.05) is 11.9 Å². The molecule has 2 aromatic carbocycles. The minimum Gasteiger partial charge on any atom is -0.504 e. The molecule has 0 aliphatic rings. The Morgan fingerprint density at radius 3 is 2.55 bits per heavy atom. The number of rotatable bonds is 5. The number of aromatic hydroxyl groups is 2. The van der Waals surface area contributed by atoms with E-state index in [1.807, 2.05) is 0 Å². The van der Waals surface area contributed by atoms with Crippen LogP contribution in [0, 0.1) is 5.82 Å². The van der Waals surface area contributed by atoms with Crippen molar-refractivity contribution in [3.63, 3.8) is 0 Å². The van der Waals surface area contributed by atoms with Crippen molar-refractivity contribution < 1.29 is 19.4 Å². The Morgan fingerprint density at radius 2 is 1.86 bits per heavy atom. The second kappa shape index (κ2) is 7.07. The third kappa shape index (κ3) is 4.48. The van der Waals surface area contributed by atoms with Crippen molar-refractivity contribution in [3.8, 4) is 11.5 Å². The second-order valence-electron chi connectivity index (χ2n) is 4.40. The average Bonchev–Trinajstić information content (AvgIpc) is 2.50. The van der Waals surface area contributed by atoms with Crippen LogP contribution in [0.4, 0.5) is 10.1 Å². The van der Waals surface area contributed by atoms with E-state index >= 15 is 0 Å². The Bertz CT molecular complexity index is 687. The molecule has 114 valence electrons. The predicted octanol–water partition coefficient (Wildman–Crippen LogP) is 1.80. The summed E-state index contributed by atoms with van der Waals surface area (Å²) in [6.45, 7) is -0.0240. The van der Waals surface area contributed by atoms with Crippen LogP contribution in [-0.4, -0.2) is 28.9 Å². The normalized spacial score (nSPS) is 10.6. The first-order valence-corrected chi connectivity index (χ1v) is 6.38. The number of carbonyl (C=O) groups is 1. The Morgan fingerprint density at radius 1 is 1.14 bits per heavy atom. The van der Waals surface area contributed by atoms with Gasteiger partial charge in [-0.3, -0.25) is 4.79 Å². The zero-order chi connectivity index (χ0) is 15.9. The van der Waals surface area contributed by atoms with Gasteiger partial charge in [0.2, 0.25) is 0 Å². The van der Waals surface area contributed by atoms with Crippen LogP contribution in [0.15, 0.2) is 47.6 Å². The number of benzene rings is 2. The monoisotopic (exact) mass is 303 g/mol. The Balaban J connectivity index is 1.80. The number of nitrogens with zero attached hydrogens (tertiary/aromatic N) is 1. The molecule has 0 bridgehead atoms. The van der Waals surface area contributed by atoms with Gasteiger partial charge in [0.25, 0.3) is 5.91 Å². The number of hydrogen-bond acceptors (Lipinski definition) is 5. The molecule has 7 heteroatoms. The highest BCUT2D eigenvalue weighted by Crippen LogP contribution is 2.23. The summed E-state index contributed by atoms with van der Waals surface area (Å²) in [5.41, 5.74) is 3.43. The predicted molar refractivity (Wildman–Crippen MR) is 80.4 cm³/mol. The number of hydrazone groups is 1. The number of hydrogen-bond donors (Lipinski definition) is 4. The molecule has 22 heavy (non-hydrogen) atoms. The van der Waals surface area contributed by atoms with E-state index in [1.165, 1.54) is 48.7 Å². The Hall–Kier alpha value is -3.09. The van der Waals surface area contributed by atoms with Gasteiger partial charge in [0.15, 0.2) is 11.5 Å². The fourth-order valence-electron chi connectivity index (χ4n) is 1.59. The molecule has 0 unspecified atom stereocenters. The second-order valence-corrected chi connectivity index (χ2v) is 4.40. The molecule has 4 N–H and O–H groups in total. The molecule has 0 aliphatic carbocycles. The van der Waals surface area contributed by atoms with Crippen LogP contribution in [0.3, 0.4) is 0 Å². The van der Waals surface area contributed by atoms with Crippen molar-refractivity contribution in [2.45, 2.75) is 0 Å². The van der Waals surface area contributed by atoms with Gasteiger partial charge in [-0.2, -0.15) is 5.10 Å². The molecule has 0 saturated heterocycles. The van der Waals surface area contributed by atoms with Crippen LogP contribution in [0.25, 0.3) is 0 Å². The molecule has 0 radical (unpaired) electrons. The van der Waals surface area contributed by atoms with E-state index in [-0.39, 0.29) is 29.8 Å². The van der Waals surface area contributed by atoms with E-state index in [4.69, 9.17) is 5.11 Å². The SMILES string of the molecule is O=C(CNc1ccc(F)cc1)NN=Cc1ccc(O)c(O)c1. The summed E-state index contributed by atoms with van der Waals surface area (Å²) >= 11 is 0. The molecule has 2 aromatic rings. The van der Waals surface area contributed by atoms with Gasteiger partial charge >= 0.3 is 0 Å². The van der Waals surface area contributed by atoms with Gasteiger partial charge in [-0.1, -0.05) is 0 Å². The van der Waals surface area contributed by atoms with Crippen molar-refractivity contribution >= 4 is 17.8 Å². The van der Waals surface area contributed by atoms with Gasteiger partial charge in [-0.15, -0.1) is 0 Å². The molecule has 0 atom stereocenters. The molecule has 2 rings (SSSR count). The number of halogens is 1. The largest absolute Gasteiger partial charge is 0.504 e. The smallest absolute Gasteiger partial charge is 0.259 e. The van der Waals surface area contributed by atoms with E-state index in [1.54, 1.807) is 0 Å². The van der Waals surface area contributed by atoms with Crippen LogP contribution in [0.2, 0.25) is 0 Å². The molecule has 0 fully saturated rings. The van der Waals surface area contributed by atoms with Crippen molar-refractivity contribution in [3.05, 3.63) is 53.8 Å². The quantitative estimate of drug-likeness (QED) is 0.385. The van der Waals surface area contributed by atoms with Crippen molar-refractivity contribution in [1.82, 2.24) is 5.43 Å². The lowest BCUT2D eigenvalue weighted by molar-refractivity contribution is -0.119. The lowest BCUT2D eigenvalue weighted by Gasteiger charge is -2.04. The first kappa shape index (κ1) is 15.3. The number of phenolic OH excluding ortho intramolecular Hbond substituents is 2.